The van der Waals surface area contributed by atoms with Gasteiger partial charge in [0.15, 0.2) is 0 Å². The van der Waals surface area contributed by atoms with Gasteiger partial charge in [0.2, 0.25) is 0 Å². The molecule has 4 heteroatoms. The molecule has 2 aromatic rings. The molecule has 3 rings (SSSR count). The average molecular weight is 285 g/mol. The smallest absolute Gasteiger partial charge is 0.0949 e. The molecular formula is C17H23N3O. The van der Waals surface area contributed by atoms with Crippen LogP contribution in [0.2, 0.25) is 0 Å². The summed E-state index contributed by atoms with van der Waals surface area (Å²) < 4.78 is 7.36. The zero-order valence-electron chi connectivity index (χ0n) is 12.7. The van der Waals surface area contributed by atoms with Crippen LogP contribution in [0.15, 0.2) is 36.8 Å². The number of hydrogen-bond donors (Lipinski definition) is 0. The van der Waals surface area contributed by atoms with E-state index in [0.717, 1.165) is 45.6 Å². The van der Waals surface area contributed by atoms with Crippen LogP contribution in [0.5, 0.6) is 0 Å². The van der Waals surface area contributed by atoms with Gasteiger partial charge in [0.05, 0.1) is 18.6 Å². The number of fused-ring (bicyclic) bond motifs is 1. The van der Waals surface area contributed by atoms with E-state index in [9.17, 15) is 0 Å². The Bertz CT molecular complexity index is 552. The van der Waals surface area contributed by atoms with Gasteiger partial charge in [-0.15, -0.1) is 0 Å². The first kappa shape index (κ1) is 14.3. The van der Waals surface area contributed by atoms with Crippen molar-refractivity contribution in [3.8, 4) is 0 Å². The number of methoxy groups -OCH3 is 1. The van der Waals surface area contributed by atoms with Crippen LogP contribution >= 0.6 is 0 Å². The van der Waals surface area contributed by atoms with Crippen LogP contribution in [0.25, 0.3) is 0 Å². The van der Waals surface area contributed by atoms with Gasteiger partial charge in [0.25, 0.3) is 0 Å². The highest BCUT2D eigenvalue weighted by atomic mass is 16.5. The molecule has 0 N–H and O–H groups in total. The maximum Gasteiger partial charge on any atom is 0.0949 e. The second-order valence-corrected chi connectivity index (χ2v) is 5.62. The van der Waals surface area contributed by atoms with Gasteiger partial charge in [0.1, 0.15) is 0 Å². The molecule has 0 amide bonds. The number of benzene rings is 1. The first-order valence-corrected chi connectivity index (χ1v) is 7.64. The molecule has 112 valence electrons. The highest BCUT2D eigenvalue weighted by Crippen LogP contribution is 2.17. The second-order valence-electron chi connectivity index (χ2n) is 5.62. The number of nitrogens with zero attached hydrogens (tertiary/aromatic N) is 3. The lowest BCUT2D eigenvalue weighted by molar-refractivity contribution is 0.184. The summed E-state index contributed by atoms with van der Waals surface area (Å²) in [4.78, 5) is 6.81. The van der Waals surface area contributed by atoms with E-state index >= 15 is 0 Å². The van der Waals surface area contributed by atoms with Crippen LogP contribution in [-0.2, 0) is 30.7 Å². The Kier molecular flexibility index (Phi) is 4.68. The minimum absolute atomic E-state index is 0.731. The van der Waals surface area contributed by atoms with Crippen molar-refractivity contribution < 1.29 is 4.74 Å². The van der Waals surface area contributed by atoms with Gasteiger partial charge < -0.3 is 9.30 Å². The molecule has 4 nitrogen and oxygen atoms in total. The number of ether oxygens (including phenoxy) is 1. The predicted octanol–water partition coefficient (Wildman–Crippen LogP) is 2.13. The lowest BCUT2D eigenvalue weighted by atomic mass is 10.0. The maximum absolute atomic E-state index is 5.16. The van der Waals surface area contributed by atoms with Crippen molar-refractivity contribution in [2.75, 3.05) is 26.8 Å². The number of aromatic nitrogens is 2. The Morgan fingerprint density at radius 2 is 1.86 bits per heavy atom. The summed E-state index contributed by atoms with van der Waals surface area (Å²) in [5.41, 5.74) is 4.29. The van der Waals surface area contributed by atoms with Crippen LogP contribution < -0.4 is 0 Å². The van der Waals surface area contributed by atoms with Gasteiger partial charge in [-0.05, 0) is 24.0 Å². The van der Waals surface area contributed by atoms with Crippen molar-refractivity contribution in [3.05, 3.63) is 53.6 Å². The molecular weight excluding hydrogens is 262 g/mol. The predicted molar refractivity (Wildman–Crippen MR) is 83.2 cm³/mol. The molecule has 0 aliphatic carbocycles. The Hall–Kier alpha value is -1.65. The third-order valence-electron chi connectivity index (χ3n) is 4.23. The van der Waals surface area contributed by atoms with E-state index in [-0.39, 0.29) is 0 Å². The number of imidazole rings is 1. The summed E-state index contributed by atoms with van der Waals surface area (Å²) in [5.74, 6) is 0. The molecule has 1 aliphatic rings. The second kappa shape index (κ2) is 6.87. The van der Waals surface area contributed by atoms with Crippen molar-refractivity contribution in [1.29, 1.82) is 0 Å². The highest BCUT2D eigenvalue weighted by molar-refractivity contribution is 5.28. The molecule has 0 saturated heterocycles. The summed E-state index contributed by atoms with van der Waals surface area (Å²) in [6, 6.07) is 8.83. The molecule has 0 fully saturated rings. The van der Waals surface area contributed by atoms with E-state index in [2.05, 4.69) is 38.7 Å². The Morgan fingerprint density at radius 1 is 1.14 bits per heavy atom. The van der Waals surface area contributed by atoms with E-state index in [1.165, 1.54) is 16.8 Å². The molecule has 1 aromatic carbocycles. The third-order valence-corrected chi connectivity index (χ3v) is 4.23. The first-order chi connectivity index (χ1) is 10.4. The van der Waals surface area contributed by atoms with Crippen molar-refractivity contribution in [1.82, 2.24) is 14.5 Å². The fourth-order valence-electron chi connectivity index (χ4n) is 2.97. The monoisotopic (exact) mass is 285 g/mol. The summed E-state index contributed by atoms with van der Waals surface area (Å²) in [6.45, 7) is 4.81. The fraction of sp³-hybridized carbons (Fsp3) is 0.471. The zero-order valence-corrected chi connectivity index (χ0v) is 12.7. The molecule has 0 atom stereocenters. The van der Waals surface area contributed by atoms with Crippen molar-refractivity contribution in [3.63, 3.8) is 0 Å². The Balaban J connectivity index is 1.63. The molecule has 1 aromatic heterocycles. The minimum Gasteiger partial charge on any atom is -0.383 e. The van der Waals surface area contributed by atoms with E-state index in [4.69, 9.17) is 4.74 Å². The molecule has 1 aliphatic heterocycles. The van der Waals surface area contributed by atoms with Crippen molar-refractivity contribution >= 4 is 0 Å². The van der Waals surface area contributed by atoms with E-state index in [1.807, 2.05) is 12.5 Å². The Morgan fingerprint density at radius 3 is 2.52 bits per heavy atom. The van der Waals surface area contributed by atoms with Crippen LogP contribution in [0, 0.1) is 0 Å². The molecule has 0 unspecified atom stereocenters. The molecule has 0 radical (unpaired) electrons. The van der Waals surface area contributed by atoms with Crippen LogP contribution in [0.1, 0.15) is 16.8 Å². The van der Waals surface area contributed by atoms with Crippen LogP contribution in [-0.4, -0.2) is 41.3 Å². The SMILES string of the molecule is COCCn1cncc1CN1CCc2ccccc2CC1. The largest absolute Gasteiger partial charge is 0.383 e. The van der Waals surface area contributed by atoms with Crippen molar-refractivity contribution in [2.24, 2.45) is 0 Å². The van der Waals surface area contributed by atoms with Gasteiger partial charge in [-0.2, -0.15) is 0 Å². The molecule has 0 bridgehead atoms. The van der Waals surface area contributed by atoms with Gasteiger partial charge in [-0.25, -0.2) is 4.98 Å². The lowest BCUT2D eigenvalue weighted by Crippen LogP contribution is -2.27. The van der Waals surface area contributed by atoms with E-state index < -0.39 is 0 Å². The highest BCUT2D eigenvalue weighted by Gasteiger charge is 2.15. The Labute approximate surface area is 126 Å². The molecule has 21 heavy (non-hydrogen) atoms. The molecule has 2 heterocycles. The minimum atomic E-state index is 0.731. The normalized spacial score (nSPS) is 15.7. The first-order valence-electron chi connectivity index (χ1n) is 7.64. The summed E-state index contributed by atoms with van der Waals surface area (Å²) in [5, 5.41) is 0. The average Bonchev–Trinajstić information content (AvgIpc) is 2.85. The summed E-state index contributed by atoms with van der Waals surface area (Å²) >= 11 is 0. The van der Waals surface area contributed by atoms with Gasteiger partial charge in [-0.3, -0.25) is 4.90 Å². The molecule has 0 spiro atoms. The quantitative estimate of drug-likeness (QED) is 0.843. The van der Waals surface area contributed by atoms with Crippen LogP contribution in [0.3, 0.4) is 0 Å². The zero-order chi connectivity index (χ0) is 14.5. The molecule has 0 saturated carbocycles. The number of rotatable bonds is 5. The standard InChI is InChI=1S/C17H23N3O/c1-21-11-10-20-14-18-12-17(20)13-19-8-6-15-4-2-3-5-16(15)7-9-19/h2-5,12,14H,6-11,13H2,1H3. The maximum atomic E-state index is 5.16. The fourth-order valence-corrected chi connectivity index (χ4v) is 2.97. The third kappa shape index (κ3) is 3.52. The topological polar surface area (TPSA) is 30.3 Å². The van der Waals surface area contributed by atoms with Crippen molar-refractivity contribution in [2.45, 2.75) is 25.9 Å². The summed E-state index contributed by atoms with van der Waals surface area (Å²) in [7, 11) is 1.74. The lowest BCUT2D eigenvalue weighted by Gasteiger charge is -2.20. The van der Waals surface area contributed by atoms with E-state index in [0.29, 0.717) is 0 Å². The van der Waals surface area contributed by atoms with Crippen LogP contribution in [0.4, 0.5) is 0 Å². The van der Waals surface area contributed by atoms with E-state index in [1.54, 1.807) is 7.11 Å². The van der Waals surface area contributed by atoms with Gasteiger partial charge >= 0.3 is 0 Å². The number of hydrogen-bond acceptors (Lipinski definition) is 3. The van der Waals surface area contributed by atoms with Gasteiger partial charge in [-0.1, -0.05) is 24.3 Å². The van der Waals surface area contributed by atoms with Gasteiger partial charge in [0, 0.05) is 39.5 Å². The summed E-state index contributed by atoms with van der Waals surface area (Å²) in [6.07, 6.45) is 6.17.